The van der Waals surface area contributed by atoms with Crippen molar-refractivity contribution in [3.63, 3.8) is 0 Å². The van der Waals surface area contributed by atoms with E-state index in [-0.39, 0.29) is 29.2 Å². The molecule has 1 heterocycles. The fourth-order valence-corrected chi connectivity index (χ4v) is 9.28. The van der Waals surface area contributed by atoms with Crippen LogP contribution in [-0.4, -0.2) is 34.3 Å². The molecule has 5 fully saturated rings. The number of Topliss-reactive ketones (excluding diaryl/α,β-unsaturated/α-hetero) is 3. The van der Waals surface area contributed by atoms with Gasteiger partial charge in [-0.25, -0.2) is 0 Å². The van der Waals surface area contributed by atoms with E-state index in [1.807, 2.05) is 61.5 Å². The van der Waals surface area contributed by atoms with E-state index in [0.717, 1.165) is 11.1 Å². The van der Waals surface area contributed by atoms with Gasteiger partial charge >= 0.3 is 0 Å². The van der Waals surface area contributed by atoms with E-state index < -0.39 is 39.5 Å². The monoisotopic (exact) mass is 532 g/mol. The van der Waals surface area contributed by atoms with Crippen LogP contribution >= 0.6 is 0 Å². The van der Waals surface area contributed by atoms with Crippen LogP contribution in [0.25, 0.3) is 0 Å². The summed E-state index contributed by atoms with van der Waals surface area (Å²) in [5.74, 6) is -2.05. The first-order valence-electron chi connectivity index (χ1n) is 14.4. The van der Waals surface area contributed by atoms with Gasteiger partial charge in [-0.1, -0.05) is 67.5 Å². The molecule has 39 heavy (non-hydrogen) atoms. The lowest BCUT2D eigenvalue weighted by Gasteiger charge is -2.67. The van der Waals surface area contributed by atoms with Crippen LogP contribution in [0.5, 0.6) is 0 Å². The predicted molar refractivity (Wildman–Crippen MR) is 151 cm³/mol. The summed E-state index contributed by atoms with van der Waals surface area (Å²) in [6.07, 6.45) is 4.80. The lowest BCUT2D eigenvalue weighted by atomic mass is 9.33. The van der Waals surface area contributed by atoms with Crippen LogP contribution in [0, 0.1) is 39.4 Å². The summed E-state index contributed by atoms with van der Waals surface area (Å²) in [5.41, 5.74) is -3.23. The fourth-order valence-electron chi connectivity index (χ4n) is 9.28. The van der Waals surface area contributed by atoms with Crippen molar-refractivity contribution < 1.29 is 24.2 Å². The molecule has 7 unspecified atom stereocenters. The Labute approximate surface area is 233 Å². The van der Waals surface area contributed by atoms with Gasteiger partial charge in [-0.3, -0.25) is 14.4 Å². The molecule has 1 N–H and O–H groups in total. The normalized spacial score (nSPS) is 39.2. The summed E-state index contributed by atoms with van der Waals surface area (Å²) in [4.78, 5) is 45.7. The van der Waals surface area contributed by atoms with E-state index >= 15 is 9.59 Å². The van der Waals surface area contributed by atoms with Gasteiger partial charge in [0.15, 0.2) is 29.1 Å². The molecule has 5 nitrogen and oxygen atoms in total. The Morgan fingerprint density at radius 1 is 0.949 bits per heavy atom. The van der Waals surface area contributed by atoms with Crippen LogP contribution in [0.1, 0.15) is 91.4 Å². The zero-order valence-electron chi connectivity index (χ0n) is 24.8. The molecule has 0 amide bonds. The first kappa shape index (κ1) is 28.2. The molecule has 6 bridgehead atoms. The van der Waals surface area contributed by atoms with E-state index in [4.69, 9.17) is 4.74 Å². The highest BCUT2D eigenvalue weighted by Gasteiger charge is 2.86. The van der Waals surface area contributed by atoms with Crippen LogP contribution in [0.2, 0.25) is 0 Å². The molecule has 210 valence electrons. The van der Waals surface area contributed by atoms with Crippen molar-refractivity contribution in [2.45, 2.75) is 93.0 Å². The van der Waals surface area contributed by atoms with Gasteiger partial charge < -0.3 is 9.84 Å². The summed E-state index contributed by atoms with van der Waals surface area (Å²) in [7, 11) is 0. The van der Waals surface area contributed by atoms with Crippen LogP contribution in [0.3, 0.4) is 0 Å². The fraction of sp³-hybridized carbons (Fsp3) is 0.618. The zero-order chi connectivity index (χ0) is 28.8. The summed E-state index contributed by atoms with van der Waals surface area (Å²) in [5, 5.41) is 11.8. The maximum absolute atomic E-state index is 15.6. The quantitative estimate of drug-likeness (QED) is 0.257. The van der Waals surface area contributed by atoms with Crippen molar-refractivity contribution in [2.24, 2.45) is 39.4 Å². The molecule has 4 aliphatic carbocycles. The number of ketones is 3. The Balaban J connectivity index is 1.93. The average Bonchev–Trinajstić information content (AvgIpc) is 2.98. The van der Waals surface area contributed by atoms with Gasteiger partial charge in [0.1, 0.15) is 0 Å². The smallest absolute Gasteiger partial charge is 0.184 e. The maximum Gasteiger partial charge on any atom is 0.184 e. The molecule has 1 saturated heterocycles. The minimum Gasteiger partial charge on any atom is -0.368 e. The molecule has 1 aromatic carbocycles. The first-order chi connectivity index (χ1) is 18.1. The van der Waals surface area contributed by atoms with Gasteiger partial charge in [0.2, 0.25) is 0 Å². The van der Waals surface area contributed by atoms with E-state index in [9.17, 15) is 9.90 Å². The Morgan fingerprint density at radius 2 is 1.54 bits per heavy atom. The topological polar surface area (TPSA) is 80.7 Å². The molecule has 7 atom stereocenters. The standard InChI is InChI=1S/C34H44O5/c1-20(2)14-16-32-19-23-18-24-31(7,8)39-27(36)25(32)33(24,17-15-21(3)4)29(38)34(28(32)37,30(23,5)6)26(35)22-12-10-9-11-13-22/h9-15,23-25,27,36H,16-19H2,1-8H3. The molecule has 6 rings (SSSR count). The Morgan fingerprint density at radius 3 is 2.13 bits per heavy atom. The van der Waals surface area contributed by atoms with Gasteiger partial charge in [0, 0.05) is 28.2 Å². The van der Waals surface area contributed by atoms with Crippen molar-refractivity contribution in [1.29, 1.82) is 0 Å². The molecule has 4 saturated carbocycles. The summed E-state index contributed by atoms with van der Waals surface area (Å²) < 4.78 is 6.36. The number of allylic oxidation sites excluding steroid dienone is 4. The number of aliphatic hydroxyl groups is 1. The largest absolute Gasteiger partial charge is 0.368 e. The Kier molecular flexibility index (Phi) is 6.37. The summed E-state index contributed by atoms with van der Waals surface area (Å²) in [6.45, 7) is 15.9. The average molecular weight is 533 g/mol. The molecular weight excluding hydrogens is 488 g/mol. The highest BCUT2D eigenvalue weighted by Crippen LogP contribution is 2.78. The maximum atomic E-state index is 15.6. The highest BCUT2D eigenvalue weighted by molar-refractivity contribution is 6.33. The predicted octanol–water partition coefficient (Wildman–Crippen LogP) is 6.50. The van der Waals surface area contributed by atoms with Crippen molar-refractivity contribution in [3.8, 4) is 0 Å². The number of hydrogen-bond donors (Lipinski definition) is 1. The van der Waals surface area contributed by atoms with E-state index in [1.54, 1.807) is 24.3 Å². The second kappa shape index (κ2) is 8.81. The molecule has 0 aromatic heterocycles. The number of hydrogen-bond acceptors (Lipinski definition) is 5. The Bertz CT molecular complexity index is 1280. The minimum atomic E-state index is -1.83. The molecule has 1 aliphatic heterocycles. The van der Waals surface area contributed by atoms with E-state index in [0.29, 0.717) is 31.2 Å². The summed E-state index contributed by atoms with van der Waals surface area (Å²) >= 11 is 0. The Hall–Kier alpha value is -2.37. The number of carbonyl (C=O) groups excluding carboxylic acids is 3. The van der Waals surface area contributed by atoms with Gasteiger partial charge in [0.25, 0.3) is 0 Å². The lowest BCUT2D eigenvalue weighted by Crippen LogP contribution is -2.78. The minimum absolute atomic E-state index is 0.0749. The lowest BCUT2D eigenvalue weighted by molar-refractivity contribution is -0.310. The second-order valence-corrected chi connectivity index (χ2v) is 14.3. The van der Waals surface area contributed by atoms with E-state index in [1.165, 1.54) is 0 Å². The first-order valence-corrected chi connectivity index (χ1v) is 14.4. The van der Waals surface area contributed by atoms with E-state index in [2.05, 4.69) is 12.2 Å². The highest BCUT2D eigenvalue weighted by atomic mass is 16.6. The number of carbonyl (C=O) groups is 3. The summed E-state index contributed by atoms with van der Waals surface area (Å²) in [6, 6.07) is 8.86. The third-order valence-electron chi connectivity index (χ3n) is 11.1. The third kappa shape index (κ3) is 3.41. The third-order valence-corrected chi connectivity index (χ3v) is 11.1. The van der Waals surface area contributed by atoms with Gasteiger partial charge in [-0.2, -0.15) is 0 Å². The second-order valence-electron chi connectivity index (χ2n) is 14.3. The zero-order valence-corrected chi connectivity index (χ0v) is 24.8. The van der Waals surface area contributed by atoms with Gasteiger partial charge in [-0.15, -0.1) is 0 Å². The van der Waals surface area contributed by atoms with Crippen LogP contribution in [-0.2, 0) is 14.3 Å². The molecular formula is C34H44O5. The van der Waals surface area contributed by atoms with Gasteiger partial charge in [-0.05, 0) is 78.6 Å². The van der Waals surface area contributed by atoms with Crippen molar-refractivity contribution >= 4 is 17.3 Å². The molecule has 5 aliphatic rings. The van der Waals surface area contributed by atoms with Crippen LogP contribution in [0.15, 0.2) is 53.6 Å². The van der Waals surface area contributed by atoms with Crippen molar-refractivity contribution in [1.82, 2.24) is 0 Å². The number of rotatable bonds is 6. The SMILES string of the molecule is CC(C)=CCC12CC3CC4C(C)(C)OC(O)C1C4(CC=C(C)C)C(=O)C(C(=O)c1ccccc1)(C2=O)C3(C)C. The van der Waals surface area contributed by atoms with Crippen LogP contribution < -0.4 is 0 Å². The van der Waals surface area contributed by atoms with Crippen molar-refractivity contribution in [2.75, 3.05) is 0 Å². The number of benzene rings is 1. The van der Waals surface area contributed by atoms with Crippen LogP contribution in [0.4, 0.5) is 0 Å². The molecule has 0 radical (unpaired) electrons. The van der Waals surface area contributed by atoms with Crippen molar-refractivity contribution in [3.05, 3.63) is 59.2 Å². The number of ether oxygens (including phenoxy) is 1. The molecule has 0 spiro atoms. The molecule has 5 heteroatoms. The van der Waals surface area contributed by atoms with Gasteiger partial charge in [0.05, 0.1) is 5.60 Å². The molecule has 1 aromatic rings. The number of aliphatic hydroxyl groups excluding tert-OH is 1.